The van der Waals surface area contributed by atoms with Gasteiger partial charge in [-0.3, -0.25) is 9.48 Å². The molecule has 2 aromatic rings. The highest BCUT2D eigenvalue weighted by molar-refractivity contribution is 9.10. The molecule has 0 aromatic carbocycles. The summed E-state index contributed by atoms with van der Waals surface area (Å²) in [6.45, 7) is 6.48. The van der Waals surface area contributed by atoms with Crippen LogP contribution >= 0.6 is 15.9 Å². The fourth-order valence-corrected chi connectivity index (χ4v) is 2.84. The van der Waals surface area contributed by atoms with Crippen molar-refractivity contribution in [1.82, 2.24) is 19.6 Å². The van der Waals surface area contributed by atoms with Gasteiger partial charge in [-0.2, -0.15) is 10.2 Å². The van der Waals surface area contributed by atoms with Gasteiger partial charge in [0.2, 0.25) is 0 Å². The van der Waals surface area contributed by atoms with E-state index in [9.17, 15) is 4.79 Å². The van der Waals surface area contributed by atoms with Crippen LogP contribution in [-0.2, 0) is 20.0 Å². The quantitative estimate of drug-likeness (QED) is 0.894. The molecule has 0 aliphatic rings. The van der Waals surface area contributed by atoms with Crippen LogP contribution in [0.1, 0.15) is 32.2 Å². The number of aromatic nitrogens is 4. The molecule has 0 unspecified atom stereocenters. The first kappa shape index (κ1) is 15.8. The third kappa shape index (κ3) is 3.53. The molecule has 0 fully saturated rings. The number of rotatable bonds is 5. The fourth-order valence-electron chi connectivity index (χ4n) is 2.10. The van der Waals surface area contributed by atoms with Gasteiger partial charge in [0.15, 0.2) is 0 Å². The van der Waals surface area contributed by atoms with Crippen molar-refractivity contribution in [3.05, 3.63) is 38.5 Å². The van der Waals surface area contributed by atoms with Gasteiger partial charge in [-0.1, -0.05) is 6.92 Å². The highest BCUT2D eigenvalue weighted by Gasteiger charge is 2.14. The molecule has 2 rings (SSSR count). The smallest absolute Gasteiger partial charge is 0.269 e. The third-order valence-corrected chi connectivity index (χ3v) is 4.04. The number of nitrogens with one attached hydrogen (secondary N) is 1. The zero-order valence-electron chi connectivity index (χ0n) is 12.7. The molecule has 1 N–H and O–H groups in total. The normalized spacial score (nSPS) is 11.1. The van der Waals surface area contributed by atoms with Crippen molar-refractivity contribution in [2.24, 2.45) is 7.05 Å². The van der Waals surface area contributed by atoms with Crippen molar-refractivity contribution in [3.63, 3.8) is 0 Å². The second-order valence-corrected chi connectivity index (χ2v) is 6.02. The van der Waals surface area contributed by atoms with Crippen LogP contribution in [0.4, 0.5) is 5.69 Å². The second kappa shape index (κ2) is 6.43. The van der Waals surface area contributed by atoms with E-state index >= 15 is 0 Å². The minimum Gasteiger partial charge on any atom is -0.381 e. The predicted octanol–water partition coefficient (Wildman–Crippen LogP) is 2.17. The molecule has 2 aromatic heterocycles. The fraction of sp³-hybridized carbons (Fsp3) is 0.500. The van der Waals surface area contributed by atoms with E-state index in [-0.39, 0.29) is 11.6 Å². The lowest BCUT2D eigenvalue weighted by Gasteiger charge is -2.10. The van der Waals surface area contributed by atoms with Crippen LogP contribution in [0.5, 0.6) is 0 Å². The first-order valence-electron chi connectivity index (χ1n) is 6.96. The Hall–Kier alpha value is -1.63. The highest BCUT2D eigenvalue weighted by Crippen LogP contribution is 2.21. The van der Waals surface area contributed by atoms with Gasteiger partial charge in [-0.25, -0.2) is 4.68 Å². The Morgan fingerprint density at radius 1 is 1.43 bits per heavy atom. The summed E-state index contributed by atoms with van der Waals surface area (Å²) in [5.41, 5.74) is 2.53. The molecular weight excluding hydrogens is 334 g/mol. The summed E-state index contributed by atoms with van der Waals surface area (Å²) in [5, 5.41) is 11.8. The summed E-state index contributed by atoms with van der Waals surface area (Å²) >= 11 is 3.55. The number of halogens is 1. The zero-order chi connectivity index (χ0) is 15.6. The van der Waals surface area contributed by atoms with E-state index in [1.807, 2.05) is 27.8 Å². The monoisotopic (exact) mass is 353 g/mol. The summed E-state index contributed by atoms with van der Waals surface area (Å²) in [5.74, 6) is 0. The van der Waals surface area contributed by atoms with Crippen LogP contribution in [0.2, 0.25) is 0 Å². The highest BCUT2D eigenvalue weighted by atomic mass is 79.9. The minimum atomic E-state index is -0.133. The molecule has 21 heavy (non-hydrogen) atoms. The summed E-state index contributed by atoms with van der Waals surface area (Å²) in [7, 11) is 1.87. The van der Waals surface area contributed by atoms with Gasteiger partial charge in [-0.05, 0) is 36.2 Å². The van der Waals surface area contributed by atoms with E-state index in [4.69, 9.17) is 0 Å². The van der Waals surface area contributed by atoms with Gasteiger partial charge in [0.25, 0.3) is 5.56 Å². The summed E-state index contributed by atoms with van der Waals surface area (Å²) in [6.07, 6.45) is 2.51. The van der Waals surface area contributed by atoms with E-state index in [1.165, 1.54) is 4.68 Å². The van der Waals surface area contributed by atoms with Crippen molar-refractivity contribution in [3.8, 4) is 0 Å². The van der Waals surface area contributed by atoms with E-state index in [2.05, 4.69) is 31.4 Å². The first-order valence-corrected chi connectivity index (χ1v) is 7.75. The van der Waals surface area contributed by atoms with Crippen LogP contribution in [-0.4, -0.2) is 25.6 Å². The molecule has 0 atom stereocenters. The second-order valence-electron chi connectivity index (χ2n) is 5.22. The lowest BCUT2D eigenvalue weighted by molar-refractivity contribution is 0.589. The molecular formula is C14H20BrN5O. The molecule has 0 aliphatic heterocycles. The van der Waals surface area contributed by atoms with E-state index in [0.29, 0.717) is 6.54 Å². The van der Waals surface area contributed by atoms with Crippen molar-refractivity contribution in [1.29, 1.82) is 0 Å². The number of nitrogens with zero attached hydrogens (tertiary/aromatic N) is 4. The van der Waals surface area contributed by atoms with E-state index < -0.39 is 0 Å². The number of anilines is 1. The lowest BCUT2D eigenvalue weighted by Crippen LogP contribution is -2.25. The topological polar surface area (TPSA) is 64.7 Å². The Morgan fingerprint density at radius 2 is 2.14 bits per heavy atom. The Labute approximate surface area is 132 Å². The standard InChI is InChI=1S/C14H20BrN5O/c1-5-11-14(15)12(19(4)18-11)8-20-13(21)6-10(7-16-20)17-9(2)3/h6-7,9,17H,5,8H2,1-4H3. The molecule has 2 heterocycles. The van der Waals surface area contributed by atoms with Gasteiger partial charge in [0.1, 0.15) is 0 Å². The number of hydrogen-bond donors (Lipinski definition) is 1. The maximum absolute atomic E-state index is 12.1. The van der Waals surface area contributed by atoms with Crippen LogP contribution in [0.3, 0.4) is 0 Å². The third-order valence-electron chi connectivity index (χ3n) is 3.13. The van der Waals surface area contributed by atoms with Gasteiger partial charge in [0, 0.05) is 19.2 Å². The number of aryl methyl sites for hydroxylation is 2. The lowest BCUT2D eigenvalue weighted by atomic mass is 10.3. The Morgan fingerprint density at radius 3 is 2.67 bits per heavy atom. The average molecular weight is 354 g/mol. The van der Waals surface area contributed by atoms with Crippen molar-refractivity contribution < 1.29 is 0 Å². The van der Waals surface area contributed by atoms with Gasteiger partial charge in [0.05, 0.1) is 34.3 Å². The molecule has 0 saturated heterocycles. The SMILES string of the molecule is CCc1nn(C)c(Cn2ncc(NC(C)C)cc2=O)c1Br. The predicted molar refractivity (Wildman–Crippen MR) is 86.6 cm³/mol. The van der Waals surface area contributed by atoms with Crippen molar-refractivity contribution in [2.45, 2.75) is 39.8 Å². The van der Waals surface area contributed by atoms with Crippen LogP contribution in [0.25, 0.3) is 0 Å². The van der Waals surface area contributed by atoms with E-state index in [0.717, 1.165) is 28.0 Å². The van der Waals surface area contributed by atoms with Gasteiger partial charge < -0.3 is 5.32 Å². The minimum absolute atomic E-state index is 0.133. The zero-order valence-corrected chi connectivity index (χ0v) is 14.3. The Balaban J connectivity index is 2.28. The molecule has 0 aliphatic carbocycles. The molecule has 6 nitrogen and oxygen atoms in total. The largest absolute Gasteiger partial charge is 0.381 e. The number of hydrogen-bond acceptors (Lipinski definition) is 4. The molecule has 7 heteroatoms. The van der Waals surface area contributed by atoms with Gasteiger partial charge >= 0.3 is 0 Å². The molecule has 0 saturated carbocycles. The van der Waals surface area contributed by atoms with Crippen LogP contribution in [0, 0.1) is 0 Å². The molecule has 0 radical (unpaired) electrons. The molecule has 0 bridgehead atoms. The maximum Gasteiger partial charge on any atom is 0.269 e. The average Bonchev–Trinajstić information content (AvgIpc) is 2.68. The van der Waals surface area contributed by atoms with Crippen LogP contribution < -0.4 is 10.9 Å². The summed E-state index contributed by atoms with van der Waals surface area (Å²) < 4.78 is 4.18. The summed E-state index contributed by atoms with van der Waals surface area (Å²) in [4.78, 5) is 12.1. The van der Waals surface area contributed by atoms with Gasteiger partial charge in [-0.15, -0.1) is 0 Å². The van der Waals surface area contributed by atoms with E-state index in [1.54, 1.807) is 16.9 Å². The maximum atomic E-state index is 12.1. The van der Waals surface area contributed by atoms with Crippen LogP contribution in [0.15, 0.2) is 21.5 Å². The summed E-state index contributed by atoms with van der Waals surface area (Å²) in [6, 6.07) is 1.83. The Kier molecular flexibility index (Phi) is 4.82. The molecule has 0 amide bonds. The molecule has 114 valence electrons. The Bertz CT molecular complexity index is 689. The first-order chi connectivity index (χ1) is 9.92. The molecule has 0 spiro atoms. The van der Waals surface area contributed by atoms with Crippen molar-refractivity contribution in [2.75, 3.05) is 5.32 Å². The van der Waals surface area contributed by atoms with Crippen molar-refractivity contribution >= 4 is 21.6 Å².